The molecule has 1 amide bonds. The van der Waals surface area contributed by atoms with Crippen LogP contribution in [0.25, 0.3) is 0 Å². The Morgan fingerprint density at radius 1 is 0.941 bits per heavy atom. The van der Waals surface area contributed by atoms with Crippen LogP contribution < -0.4 is 9.62 Å². The van der Waals surface area contributed by atoms with Crippen molar-refractivity contribution in [2.75, 3.05) is 10.8 Å². The van der Waals surface area contributed by atoms with Gasteiger partial charge in [0.15, 0.2) is 0 Å². The van der Waals surface area contributed by atoms with Crippen LogP contribution in [-0.2, 0) is 21.4 Å². The maximum absolute atomic E-state index is 14.3. The van der Waals surface area contributed by atoms with Gasteiger partial charge in [-0.15, -0.1) is 0 Å². The largest absolute Gasteiger partial charge is 0.352 e. The zero-order chi connectivity index (χ0) is 25.0. The summed E-state index contributed by atoms with van der Waals surface area (Å²) in [5.74, 6) is -0.788. The third-order valence-corrected chi connectivity index (χ3v) is 8.11. The number of hydrogen-bond donors (Lipinski definition) is 1. The van der Waals surface area contributed by atoms with E-state index in [-0.39, 0.29) is 30.3 Å². The molecule has 0 aliphatic heterocycles. The second-order valence-corrected chi connectivity index (χ2v) is 11.8. The topological polar surface area (TPSA) is 66.5 Å². The maximum Gasteiger partial charge on any atom is 0.264 e. The van der Waals surface area contributed by atoms with E-state index in [1.165, 1.54) is 22.5 Å². The molecule has 0 unspecified atom stereocenters. The fraction of sp³-hybridized carbons (Fsp3) is 0.240. The average molecular weight is 612 g/mol. The van der Waals surface area contributed by atoms with Crippen molar-refractivity contribution in [2.24, 2.45) is 0 Å². The molecule has 0 saturated carbocycles. The van der Waals surface area contributed by atoms with E-state index in [1.807, 2.05) is 19.9 Å². The van der Waals surface area contributed by atoms with Crippen molar-refractivity contribution in [3.05, 3.63) is 91.6 Å². The minimum Gasteiger partial charge on any atom is -0.352 e. The Morgan fingerprint density at radius 2 is 1.56 bits per heavy atom. The molecule has 0 heterocycles. The van der Waals surface area contributed by atoms with Gasteiger partial charge in [0.25, 0.3) is 10.0 Å². The third-order valence-electron chi connectivity index (χ3n) is 5.28. The van der Waals surface area contributed by atoms with Gasteiger partial charge in [0.1, 0.15) is 5.82 Å². The number of hydrogen-bond acceptors (Lipinski definition) is 3. The van der Waals surface area contributed by atoms with Gasteiger partial charge in [-0.25, -0.2) is 12.8 Å². The van der Waals surface area contributed by atoms with E-state index in [0.29, 0.717) is 21.3 Å². The first-order chi connectivity index (χ1) is 16.0. The van der Waals surface area contributed by atoms with Gasteiger partial charge >= 0.3 is 0 Å². The number of benzene rings is 3. The number of halogens is 3. The molecule has 0 spiro atoms. The van der Waals surface area contributed by atoms with Crippen molar-refractivity contribution in [2.45, 2.75) is 38.6 Å². The minimum absolute atomic E-state index is 0.0206. The van der Waals surface area contributed by atoms with Crippen molar-refractivity contribution in [1.82, 2.24) is 5.32 Å². The zero-order valence-corrected chi connectivity index (χ0v) is 23.0. The zero-order valence-electron chi connectivity index (χ0n) is 19.0. The van der Waals surface area contributed by atoms with Crippen molar-refractivity contribution in [1.29, 1.82) is 0 Å². The van der Waals surface area contributed by atoms with Crippen LogP contribution in [-0.4, -0.2) is 20.9 Å². The summed E-state index contributed by atoms with van der Waals surface area (Å²) in [5, 5.41) is 2.71. The second kappa shape index (κ2) is 11.0. The molecule has 180 valence electrons. The summed E-state index contributed by atoms with van der Waals surface area (Å²) < 4.78 is 43.9. The molecule has 3 aromatic carbocycles. The highest BCUT2D eigenvalue weighted by Crippen LogP contribution is 2.27. The first-order valence-electron chi connectivity index (χ1n) is 10.5. The van der Waals surface area contributed by atoms with Gasteiger partial charge in [0, 0.05) is 34.0 Å². The Morgan fingerprint density at radius 3 is 2.15 bits per heavy atom. The van der Waals surface area contributed by atoms with Crippen LogP contribution in [0.3, 0.4) is 0 Å². The summed E-state index contributed by atoms with van der Waals surface area (Å²) in [6, 6.07) is 15.0. The molecule has 0 radical (unpaired) electrons. The molecule has 9 heteroatoms. The number of carbonyl (C=O) groups is 1. The molecular formula is C25H25Br2FN2O3S. The summed E-state index contributed by atoms with van der Waals surface area (Å²) in [4.78, 5) is 12.7. The molecule has 3 aromatic rings. The molecule has 0 atom stereocenters. The van der Waals surface area contributed by atoms with E-state index < -0.39 is 15.8 Å². The summed E-state index contributed by atoms with van der Waals surface area (Å²) in [6.45, 7) is 5.51. The number of nitrogens with zero attached hydrogens (tertiary/aromatic N) is 1. The maximum atomic E-state index is 14.3. The average Bonchev–Trinajstić information content (AvgIpc) is 2.72. The first-order valence-corrected chi connectivity index (χ1v) is 13.6. The highest BCUT2D eigenvalue weighted by Gasteiger charge is 2.26. The van der Waals surface area contributed by atoms with Crippen LogP contribution in [0.1, 0.15) is 28.7 Å². The Bertz CT molecular complexity index is 1270. The van der Waals surface area contributed by atoms with Crippen molar-refractivity contribution in [3.63, 3.8) is 0 Å². The monoisotopic (exact) mass is 610 g/mol. The van der Waals surface area contributed by atoms with Gasteiger partial charge in [-0.2, -0.15) is 0 Å². The highest BCUT2D eigenvalue weighted by atomic mass is 79.9. The predicted octanol–water partition coefficient (Wildman–Crippen LogP) is 6.18. The number of sulfonamides is 1. The Balaban J connectivity index is 1.82. The van der Waals surface area contributed by atoms with E-state index in [1.54, 1.807) is 37.3 Å². The SMILES string of the molecule is Cc1cc(C)cc(N(CCC(=O)NCc2c(C)cc(Br)cc2F)S(=O)(=O)c2ccc(Br)cc2)c1. The molecule has 5 nitrogen and oxygen atoms in total. The molecule has 0 aromatic heterocycles. The normalized spacial score (nSPS) is 11.4. The number of rotatable bonds is 8. The summed E-state index contributed by atoms with van der Waals surface area (Å²) >= 11 is 6.57. The van der Waals surface area contributed by atoms with Crippen LogP contribution in [0.5, 0.6) is 0 Å². The Kier molecular flexibility index (Phi) is 8.54. The van der Waals surface area contributed by atoms with Crippen molar-refractivity contribution >= 4 is 53.5 Å². The van der Waals surface area contributed by atoms with E-state index in [4.69, 9.17) is 0 Å². The molecule has 3 rings (SSSR count). The summed E-state index contributed by atoms with van der Waals surface area (Å²) in [6.07, 6.45) is -0.0834. The molecule has 34 heavy (non-hydrogen) atoms. The van der Waals surface area contributed by atoms with E-state index >= 15 is 0 Å². The van der Waals surface area contributed by atoms with Crippen LogP contribution in [0.15, 0.2) is 68.4 Å². The number of anilines is 1. The fourth-order valence-corrected chi connectivity index (χ4v) is 5.91. The lowest BCUT2D eigenvalue weighted by molar-refractivity contribution is -0.121. The third kappa shape index (κ3) is 6.46. The molecule has 0 fully saturated rings. The number of carbonyl (C=O) groups excluding carboxylic acids is 1. The van der Waals surface area contributed by atoms with Gasteiger partial charge < -0.3 is 5.32 Å². The lowest BCUT2D eigenvalue weighted by atomic mass is 10.1. The molecule has 0 saturated heterocycles. The standard InChI is InChI=1S/C25H25Br2FN2O3S/c1-16-10-17(2)12-21(11-16)30(34(32,33)22-6-4-19(26)5-7-22)9-8-25(31)29-15-23-18(3)13-20(27)14-24(23)28/h4-7,10-14H,8-9,15H2,1-3H3,(H,29,31). The van der Waals surface area contributed by atoms with E-state index in [9.17, 15) is 17.6 Å². The Labute approximate surface area is 216 Å². The molecule has 0 aliphatic carbocycles. The van der Waals surface area contributed by atoms with Crippen molar-refractivity contribution in [3.8, 4) is 0 Å². The van der Waals surface area contributed by atoms with E-state index in [2.05, 4.69) is 37.2 Å². The van der Waals surface area contributed by atoms with Gasteiger partial charge in [-0.3, -0.25) is 9.10 Å². The van der Waals surface area contributed by atoms with E-state index in [0.717, 1.165) is 15.6 Å². The lowest BCUT2D eigenvalue weighted by Crippen LogP contribution is -2.35. The van der Waals surface area contributed by atoms with Crippen LogP contribution >= 0.6 is 31.9 Å². The fourth-order valence-electron chi connectivity index (χ4n) is 3.65. The minimum atomic E-state index is -3.92. The Hall–Kier alpha value is -2.23. The lowest BCUT2D eigenvalue weighted by Gasteiger charge is -2.25. The highest BCUT2D eigenvalue weighted by molar-refractivity contribution is 9.10. The summed E-state index contributed by atoms with van der Waals surface area (Å²) in [5.41, 5.74) is 3.42. The molecule has 0 aliphatic rings. The summed E-state index contributed by atoms with van der Waals surface area (Å²) in [7, 11) is -3.92. The number of amides is 1. The first kappa shape index (κ1) is 26.4. The van der Waals surface area contributed by atoms with Gasteiger partial charge in [-0.05, 0) is 86.0 Å². The number of aryl methyl sites for hydroxylation is 3. The molecule has 0 bridgehead atoms. The van der Waals surface area contributed by atoms with Crippen LogP contribution in [0.4, 0.5) is 10.1 Å². The van der Waals surface area contributed by atoms with Crippen LogP contribution in [0, 0.1) is 26.6 Å². The van der Waals surface area contributed by atoms with Gasteiger partial charge in [0.2, 0.25) is 5.91 Å². The van der Waals surface area contributed by atoms with Gasteiger partial charge in [0.05, 0.1) is 10.6 Å². The molecular weight excluding hydrogens is 587 g/mol. The smallest absolute Gasteiger partial charge is 0.264 e. The predicted molar refractivity (Wildman–Crippen MR) is 140 cm³/mol. The number of nitrogens with one attached hydrogen (secondary N) is 1. The quantitative estimate of drug-likeness (QED) is 0.331. The van der Waals surface area contributed by atoms with Crippen molar-refractivity contribution < 1.29 is 17.6 Å². The molecule has 1 N–H and O–H groups in total. The van der Waals surface area contributed by atoms with Crippen LogP contribution in [0.2, 0.25) is 0 Å². The second-order valence-electron chi connectivity index (χ2n) is 8.09. The van der Waals surface area contributed by atoms with Gasteiger partial charge in [-0.1, -0.05) is 37.9 Å².